The van der Waals surface area contributed by atoms with Crippen LogP contribution in [0.25, 0.3) is 11.1 Å². The number of nitrogens with zero attached hydrogens (tertiary/aromatic N) is 1. The number of amides is 1. The summed E-state index contributed by atoms with van der Waals surface area (Å²) in [7, 11) is 0. The van der Waals surface area contributed by atoms with Gasteiger partial charge in [-0.15, -0.1) is 0 Å². The molecule has 2 aliphatic rings. The van der Waals surface area contributed by atoms with Gasteiger partial charge in [-0.2, -0.15) is 0 Å². The van der Waals surface area contributed by atoms with E-state index in [1.165, 1.54) is 18.6 Å². The zero-order chi connectivity index (χ0) is 16.8. The zero-order valence-electron chi connectivity index (χ0n) is 13.7. The Morgan fingerprint density at radius 1 is 1.29 bits per heavy atom. The number of hydrogen-bond acceptors (Lipinski definition) is 2. The number of benzene rings is 2. The summed E-state index contributed by atoms with van der Waals surface area (Å²) in [6.45, 7) is 3.27. The molecule has 1 saturated heterocycles. The Balaban J connectivity index is 1.74. The fraction of sp³-hybridized carbons (Fsp3) is 0.350. The second-order valence-corrected chi connectivity index (χ2v) is 6.98. The summed E-state index contributed by atoms with van der Waals surface area (Å²) in [5.74, 6) is 0.903. The molecule has 1 saturated carbocycles. The van der Waals surface area contributed by atoms with Crippen molar-refractivity contribution in [1.82, 2.24) is 4.90 Å². The molecule has 1 aliphatic heterocycles. The molecule has 0 radical (unpaired) electrons. The number of nitrogens with two attached hydrogens (primary N) is 1. The number of rotatable bonds is 3. The van der Waals surface area contributed by atoms with Crippen LogP contribution in [0.1, 0.15) is 22.3 Å². The third kappa shape index (κ3) is 2.51. The highest BCUT2D eigenvalue weighted by molar-refractivity contribution is 6.01. The van der Waals surface area contributed by atoms with Crippen LogP contribution in [0.4, 0.5) is 4.39 Å². The van der Waals surface area contributed by atoms with Crippen LogP contribution >= 0.6 is 0 Å². The van der Waals surface area contributed by atoms with Gasteiger partial charge in [-0.3, -0.25) is 4.79 Å². The molecule has 2 N–H and O–H groups in total. The summed E-state index contributed by atoms with van der Waals surface area (Å²) in [5.41, 5.74) is 9.08. The molecule has 3 nitrogen and oxygen atoms in total. The fourth-order valence-corrected chi connectivity index (χ4v) is 4.00. The first-order valence-electron chi connectivity index (χ1n) is 8.46. The van der Waals surface area contributed by atoms with E-state index < -0.39 is 0 Å². The number of carbonyl (C=O) groups excluding carboxylic acids is 1. The maximum Gasteiger partial charge on any atom is 0.254 e. The van der Waals surface area contributed by atoms with Crippen LogP contribution in [0, 0.1) is 24.6 Å². The molecular weight excluding hydrogens is 303 g/mol. The van der Waals surface area contributed by atoms with Gasteiger partial charge in [-0.05, 0) is 54.5 Å². The minimum absolute atomic E-state index is 0.0145. The highest BCUT2D eigenvalue weighted by Gasteiger charge is 2.53. The van der Waals surface area contributed by atoms with Crippen LogP contribution in [0.2, 0.25) is 0 Å². The fourth-order valence-electron chi connectivity index (χ4n) is 4.00. The van der Waals surface area contributed by atoms with Gasteiger partial charge in [0.1, 0.15) is 5.82 Å². The van der Waals surface area contributed by atoms with Crippen molar-refractivity contribution >= 4 is 5.91 Å². The van der Waals surface area contributed by atoms with Crippen LogP contribution in [0.15, 0.2) is 42.5 Å². The molecule has 3 atom stereocenters. The van der Waals surface area contributed by atoms with Crippen LogP contribution < -0.4 is 5.73 Å². The first kappa shape index (κ1) is 15.3. The zero-order valence-corrected chi connectivity index (χ0v) is 13.7. The molecule has 0 aromatic heterocycles. The van der Waals surface area contributed by atoms with E-state index in [-0.39, 0.29) is 17.8 Å². The highest BCUT2D eigenvalue weighted by Crippen LogP contribution is 2.49. The maximum absolute atomic E-state index is 13.6. The molecule has 4 rings (SSSR count). The Morgan fingerprint density at radius 3 is 2.88 bits per heavy atom. The number of likely N-dealkylation sites (tertiary alicyclic amines) is 1. The standard InChI is InChI=1S/C20H21FN2O/c1-12-5-6-16(13-3-2-4-15(21)8-13)18(7-12)20(24)23-11-14-9-17(14)19(23)10-22/h2-8,14,17,19H,9-11,22H2,1H3/t14-,17-,19-/m1/s1. The predicted octanol–water partition coefficient (Wildman–Crippen LogP) is 3.22. The lowest BCUT2D eigenvalue weighted by atomic mass is 9.96. The van der Waals surface area contributed by atoms with Gasteiger partial charge in [0.15, 0.2) is 0 Å². The van der Waals surface area contributed by atoms with Gasteiger partial charge >= 0.3 is 0 Å². The molecule has 0 spiro atoms. The molecule has 0 bridgehead atoms. The normalized spacial score (nSPS) is 24.8. The summed E-state index contributed by atoms with van der Waals surface area (Å²) in [5, 5.41) is 0. The lowest BCUT2D eigenvalue weighted by molar-refractivity contribution is 0.0713. The van der Waals surface area contributed by atoms with Crippen LogP contribution in [-0.4, -0.2) is 29.9 Å². The molecule has 1 heterocycles. The molecule has 124 valence electrons. The van der Waals surface area contributed by atoms with Crippen LogP contribution in [0.5, 0.6) is 0 Å². The minimum Gasteiger partial charge on any atom is -0.334 e. The second kappa shape index (κ2) is 5.71. The van der Waals surface area contributed by atoms with Crippen molar-refractivity contribution in [1.29, 1.82) is 0 Å². The summed E-state index contributed by atoms with van der Waals surface area (Å²) in [6, 6.07) is 12.3. The summed E-state index contributed by atoms with van der Waals surface area (Å²) in [6.07, 6.45) is 1.19. The van der Waals surface area contributed by atoms with E-state index in [0.717, 1.165) is 23.2 Å². The largest absolute Gasteiger partial charge is 0.334 e. The number of halogens is 1. The molecule has 4 heteroatoms. The van der Waals surface area contributed by atoms with Crippen molar-refractivity contribution in [2.45, 2.75) is 19.4 Å². The van der Waals surface area contributed by atoms with Crippen molar-refractivity contribution in [2.75, 3.05) is 13.1 Å². The lowest BCUT2D eigenvalue weighted by Gasteiger charge is -2.27. The first-order valence-corrected chi connectivity index (χ1v) is 8.46. The van der Waals surface area contributed by atoms with E-state index in [0.29, 0.717) is 23.9 Å². The van der Waals surface area contributed by atoms with E-state index in [9.17, 15) is 9.18 Å². The van der Waals surface area contributed by atoms with E-state index >= 15 is 0 Å². The predicted molar refractivity (Wildman–Crippen MR) is 92.0 cm³/mol. The van der Waals surface area contributed by atoms with Gasteiger partial charge in [-0.1, -0.05) is 29.8 Å². The molecule has 2 fully saturated rings. The van der Waals surface area contributed by atoms with Crippen molar-refractivity contribution in [3.05, 3.63) is 59.4 Å². The summed E-state index contributed by atoms with van der Waals surface area (Å²) in [4.78, 5) is 15.1. The molecule has 1 aliphatic carbocycles. The van der Waals surface area contributed by atoms with Gasteiger partial charge in [0, 0.05) is 24.7 Å². The first-order chi connectivity index (χ1) is 11.6. The Hall–Kier alpha value is -2.20. The smallest absolute Gasteiger partial charge is 0.254 e. The Kier molecular flexibility index (Phi) is 3.65. The van der Waals surface area contributed by atoms with Crippen molar-refractivity contribution in [2.24, 2.45) is 17.6 Å². The van der Waals surface area contributed by atoms with Gasteiger partial charge in [-0.25, -0.2) is 4.39 Å². The third-order valence-electron chi connectivity index (χ3n) is 5.35. The van der Waals surface area contributed by atoms with Gasteiger partial charge in [0.05, 0.1) is 0 Å². The van der Waals surface area contributed by atoms with Crippen LogP contribution in [-0.2, 0) is 0 Å². The molecular formula is C20H21FN2O. The number of hydrogen-bond donors (Lipinski definition) is 1. The maximum atomic E-state index is 13.6. The van der Waals surface area contributed by atoms with Crippen LogP contribution in [0.3, 0.4) is 0 Å². The monoisotopic (exact) mass is 324 g/mol. The van der Waals surface area contributed by atoms with Gasteiger partial charge in [0.2, 0.25) is 0 Å². The summed E-state index contributed by atoms with van der Waals surface area (Å²) >= 11 is 0. The molecule has 2 aromatic rings. The Morgan fingerprint density at radius 2 is 2.12 bits per heavy atom. The molecule has 1 amide bonds. The van der Waals surface area contributed by atoms with Crippen molar-refractivity contribution in [3.8, 4) is 11.1 Å². The molecule has 2 aromatic carbocycles. The third-order valence-corrected chi connectivity index (χ3v) is 5.35. The molecule has 24 heavy (non-hydrogen) atoms. The van der Waals surface area contributed by atoms with E-state index in [4.69, 9.17) is 5.73 Å². The topological polar surface area (TPSA) is 46.3 Å². The van der Waals surface area contributed by atoms with E-state index in [1.54, 1.807) is 6.07 Å². The number of piperidine rings is 1. The Labute approximate surface area is 141 Å². The lowest BCUT2D eigenvalue weighted by Crippen LogP contribution is -2.43. The van der Waals surface area contributed by atoms with Gasteiger partial charge in [0.25, 0.3) is 5.91 Å². The summed E-state index contributed by atoms with van der Waals surface area (Å²) < 4.78 is 13.6. The number of aryl methyl sites for hydroxylation is 1. The minimum atomic E-state index is -0.297. The average molecular weight is 324 g/mol. The number of carbonyl (C=O) groups is 1. The van der Waals surface area contributed by atoms with Crippen molar-refractivity contribution in [3.63, 3.8) is 0 Å². The second-order valence-electron chi connectivity index (χ2n) is 6.98. The van der Waals surface area contributed by atoms with Gasteiger partial charge < -0.3 is 10.6 Å². The highest BCUT2D eigenvalue weighted by atomic mass is 19.1. The molecule has 0 unspecified atom stereocenters. The average Bonchev–Trinajstić information content (AvgIpc) is 3.25. The SMILES string of the molecule is Cc1ccc(-c2cccc(F)c2)c(C(=O)N2C[C@H]3C[C@H]3[C@H]2CN)c1. The van der Waals surface area contributed by atoms with Crippen molar-refractivity contribution < 1.29 is 9.18 Å². The van der Waals surface area contributed by atoms with E-state index in [1.807, 2.05) is 36.1 Å². The Bertz CT molecular complexity index is 804. The number of fused-ring (bicyclic) bond motifs is 1. The quantitative estimate of drug-likeness (QED) is 0.942. The van der Waals surface area contributed by atoms with E-state index in [2.05, 4.69) is 0 Å².